The molecule has 0 unspecified atom stereocenters. The van der Waals surface area contributed by atoms with Crippen molar-refractivity contribution in [2.75, 3.05) is 11.1 Å². The first-order chi connectivity index (χ1) is 14.5. The van der Waals surface area contributed by atoms with Crippen LogP contribution >= 0.6 is 11.8 Å². The predicted molar refractivity (Wildman–Crippen MR) is 114 cm³/mol. The monoisotopic (exact) mass is 423 g/mol. The number of fused-ring (bicyclic) bond motifs is 1. The summed E-state index contributed by atoms with van der Waals surface area (Å²) < 4.78 is 15.6. The van der Waals surface area contributed by atoms with E-state index in [1.807, 2.05) is 24.3 Å². The van der Waals surface area contributed by atoms with Gasteiger partial charge in [-0.3, -0.25) is 14.7 Å². The van der Waals surface area contributed by atoms with Gasteiger partial charge < -0.3 is 5.32 Å². The van der Waals surface area contributed by atoms with E-state index in [0.717, 1.165) is 18.2 Å². The molecule has 152 valence electrons. The van der Waals surface area contributed by atoms with Gasteiger partial charge in [-0.2, -0.15) is 0 Å². The summed E-state index contributed by atoms with van der Waals surface area (Å²) in [6.45, 7) is 2.06. The summed E-state index contributed by atoms with van der Waals surface area (Å²) in [4.78, 5) is 32.8. The van der Waals surface area contributed by atoms with Crippen LogP contribution in [0.25, 0.3) is 17.0 Å². The summed E-state index contributed by atoms with van der Waals surface area (Å²) in [5.41, 5.74) is 2.04. The molecule has 2 heterocycles. The van der Waals surface area contributed by atoms with E-state index in [1.165, 1.54) is 22.2 Å². The normalized spacial score (nSPS) is 11.0. The van der Waals surface area contributed by atoms with E-state index in [2.05, 4.69) is 27.3 Å². The molecule has 0 aliphatic carbocycles. The Hall–Kier alpha value is -3.46. The zero-order valence-electron chi connectivity index (χ0n) is 16.1. The van der Waals surface area contributed by atoms with Gasteiger partial charge in [0.25, 0.3) is 5.56 Å². The molecule has 0 aliphatic rings. The van der Waals surface area contributed by atoms with Crippen molar-refractivity contribution in [1.29, 1.82) is 0 Å². The minimum Gasteiger partial charge on any atom is -0.325 e. The molecule has 2 aromatic heterocycles. The van der Waals surface area contributed by atoms with Crippen LogP contribution in [0.5, 0.6) is 0 Å². The molecule has 0 saturated carbocycles. The van der Waals surface area contributed by atoms with Gasteiger partial charge in [-0.25, -0.2) is 18.9 Å². The lowest BCUT2D eigenvalue weighted by Crippen LogP contribution is -2.15. The Kier molecular flexibility index (Phi) is 5.62. The number of anilines is 1. The Bertz CT molecular complexity index is 1270. The van der Waals surface area contributed by atoms with Gasteiger partial charge in [0, 0.05) is 11.8 Å². The van der Waals surface area contributed by atoms with Crippen molar-refractivity contribution in [1.82, 2.24) is 19.6 Å². The Balaban J connectivity index is 1.57. The number of amides is 1. The Morgan fingerprint density at radius 1 is 1.17 bits per heavy atom. The van der Waals surface area contributed by atoms with Gasteiger partial charge in [0.15, 0.2) is 16.6 Å². The molecular weight excluding hydrogens is 405 g/mol. The first-order valence-electron chi connectivity index (χ1n) is 9.30. The van der Waals surface area contributed by atoms with Crippen LogP contribution in [0.1, 0.15) is 12.5 Å². The Labute approximate surface area is 175 Å². The van der Waals surface area contributed by atoms with E-state index in [1.54, 1.807) is 18.2 Å². The number of aromatic nitrogens is 4. The number of aryl methyl sites for hydroxylation is 1. The SMILES string of the molecule is CCc1ccc(NC(=O)CSc2nc(-c3ccccc3F)nc3cc(=O)[nH]n23)cc1. The number of rotatable bonds is 6. The second-order valence-electron chi connectivity index (χ2n) is 6.51. The molecule has 2 aromatic carbocycles. The highest BCUT2D eigenvalue weighted by Crippen LogP contribution is 2.23. The Morgan fingerprint density at radius 3 is 2.67 bits per heavy atom. The maximum Gasteiger partial charge on any atom is 0.266 e. The topological polar surface area (TPSA) is 92.2 Å². The average molecular weight is 423 g/mol. The van der Waals surface area contributed by atoms with Gasteiger partial charge in [0.1, 0.15) is 5.82 Å². The molecule has 1 amide bonds. The van der Waals surface area contributed by atoms with Crippen molar-refractivity contribution in [2.45, 2.75) is 18.5 Å². The highest BCUT2D eigenvalue weighted by molar-refractivity contribution is 7.99. The number of benzene rings is 2. The van der Waals surface area contributed by atoms with Crippen LogP contribution in [0, 0.1) is 5.82 Å². The van der Waals surface area contributed by atoms with E-state index >= 15 is 0 Å². The van der Waals surface area contributed by atoms with Gasteiger partial charge in [-0.1, -0.05) is 43.0 Å². The summed E-state index contributed by atoms with van der Waals surface area (Å²) in [6.07, 6.45) is 0.924. The lowest BCUT2D eigenvalue weighted by Gasteiger charge is -2.09. The number of carbonyl (C=O) groups excluding carboxylic acids is 1. The van der Waals surface area contributed by atoms with Crippen LogP contribution in [0.15, 0.2) is 64.5 Å². The fourth-order valence-electron chi connectivity index (χ4n) is 2.89. The van der Waals surface area contributed by atoms with Crippen molar-refractivity contribution in [3.63, 3.8) is 0 Å². The molecule has 0 bridgehead atoms. The van der Waals surface area contributed by atoms with Gasteiger partial charge in [0.05, 0.1) is 11.3 Å². The van der Waals surface area contributed by atoms with Crippen LogP contribution in [-0.2, 0) is 11.2 Å². The van der Waals surface area contributed by atoms with Crippen LogP contribution < -0.4 is 10.9 Å². The van der Waals surface area contributed by atoms with E-state index in [4.69, 9.17) is 0 Å². The molecular formula is C21H18FN5O2S. The summed E-state index contributed by atoms with van der Waals surface area (Å²) in [6, 6.07) is 15.1. The molecule has 4 rings (SSSR count). The molecule has 30 heavy (non-hydrogen) atoms. The molecule has 0 spiro atoms. The number of thioether (sulfide) groups is 1. The second-order valence-corrected chi connectivity index (χ2v) is 7.45. The van der Waals surface area contributed by atoms with Crippen LogP contribution in [0.4, 0.5) is 10.1 Å². The molecule has 2 N–H and O–H groups in total. The molecule has 7 nitrogen and oxygen atoms in total. The van der Waals surface area contributed by atoms with E-state index in [9.17, 15) is 14.0 Å². The molecule has 4 aromatic rings. The van der Waals surface area contributed by atoms with Gasteiger partial charge in [0.2, 0.25) is 5.91 Å². The lowest BCUT2D eigenvalue weighted by molar-refractivity contribution is -0.113. The van der Waals surface area contributed by atoms with Crippen molar-refractivity contribution >= 4 is 29.0 Å². The maximum absolute atomic E-state index is 14.2. The van der Waals surface area contributed by atoms with Gasteiger partial charge >= 0.3 is 0 Å². The minimum absolute atomic E-state index is 0.0541. The first-order valence-corrected chi connectivity index (χ1v) is 10.3. The number of nitrogens with zero attached hydrogens (tertiary/aromatic N) is 3. The molecule has 0 fully saturated rings. The summed E-state index contributed by atoms with van der Waals surface area (Å²) in [5.74, 6) is -0.495. The molecule has 0 aliphatic heterocycles. The van der Waals surface area contributed by atoms with Crippen molar-refractivity contribution in [2.24, 2.45) is 0 Å². The van der Waals surface area contributed by atoms with Crippen molar-refractivity contribution < 1.29 is 9.18 Å². The van der Waals surface area contributed by atoms with E-state index in [-0.39, 0.29) is 28.6 Å². The number of H-pyrrole nitrogens is 1. The molecule has 0 saturated heterocycles. The number of halogens is 1. The van der Waals surface area contributed by atoms with E-state index < -0.39 is 5.82 Å². The lowest BCUT2D eigenvalue weighted by atomic mass is 10.1. The number of hydrogen-bond acceptors (Lipinski definition) is 5. The quantitative estimate of drug-likeness (QED) is 0.463. The molecule has 0 atom stereocenters. The zero-order chi connectivity index (χ0) is 21.1. The van der Waals surface area contributed by atoms with Crippen LogP contribution in [0.3, 0.4) is 0 Å². The first kappa shape index (κ1) is 19.8. The number of nitrogens with one attached hydrogen (secondary N) is 2. The number of hydrogen-bond donors (Lipinski definition) is 2. The molecule has 9 heteroatoms. The number of aromatic amines is 1. The average Bonchev–Trinajstić information content (AvgIpc) is 3.13. The van der Waals surface area contributed by atoms with Crippen molar-refractivity contribution in [3.8, 4) is 11.4 Å². The second kappa shape index (κ2) is 8.50. The summed E-state index contributed by atoms with van der Waals surface area (Å²) in [5, 5.41) is 5.75. The standard InChI is InChI=1S/C21H18FN5O2S/c1-2-13-7-9-14(10-8-13)23-19(29)12-30-21-25-20(15-5-3-4-6-16(15)22)24-17-11-18(28)26-27(17)21/h3-11H,2,12H2,1H3,(H,23,29)(H,26,28). The fourth-order valence-corrected chi connectivity index (χ4v) is 3.65. The largest absolute Gasteiger partial charge is 0.325 e. The highest BCUT2D eigenvalue weighted by atomic mass is 32.2. The highest BCUT2D eigenvalue weighted by Gasteiger charge is 2.15. The smallest absolute Gasteiger partial charge is 0.266 e. The van der Waals surface area contributed by atoms with Crippen LogP contribution in [0.2, 0.25) is 0 Å². The van der Waals surface area contributed by atoms with Crippen LogP contribution in [-0.4, -0.2) is 31.2 Å². The van der Waals surface area contributed by atoms with Crippen molar-refractivity contribution in [3.05, 3.63) is 76.3 Å². The predicted octanol–water partition coefficient (Wildman–Crippen LogP) is 3.52. The summed E-state index contributed by atoms with van der Waals surface area (Å²) in [7, 11) is 0. The maximum atomic E-state index is 14.2. The summed E-state index contributed by atoms with van der Waals surface area (Å²) >= 11 is 1.12. The fraction of sp³-hybridized carbons (Fsp3) is 0.143. The third kappa shape index (κ3) is 4.25. The Morgan fingerprint density at radius 2 is 1.93 bits per heavy atom. The zero-order valence-corrected chi connectivity index (χ0v) is 16.9. The van der Waals surface area contributed by atoms with Gasteiger partial charge in [-0.15, -0.1) is 0 Å². The number of carbonyl (C=O) groups is 1. The van der Waals surface area contributed by atoms with E-state index in [0.29, 0.717) is 16.5 Å². The minimum atomic E-state index is -0.469. The third-order valence-electron chi connectivity index (χ3n) is 4.42. The van der Waals surface area contributed by atoms with Gasteiger partial charge in [-0.05, 0) is 36.2 Å². The third-order valence-corrected chi connectivity index (χ3v) is 5.36. The molecule has 0 radical (unpaired) electrons.